The van der Waals surface area contributed by atoms with Gasteiger partial charge in [0.05, 0.1) is 16.5 Å². The maximum absolute atomic E-state index is 9.53. The average Bonchev–Trinajstić information content (AvgIpc) is 3.58. The number of azo groups is 1. The Morgan fingerprint density at radius 2 is 1.83 bits per heavy atom. The van der Waals surface area contributed by atoms with Crippen molar-refractivity contribution >= 4 is 60.7 Å². The van der Waals surface area contributed by atoms with Gasteiger partial charge in [-0.1, -0.05) is 29.5 Å². The van der Waals surface area contributed by atoms with Crippen LogP contribution in [0.3, 0.4) is 0 Å². The van der Waals surface area contributed by atoms with E-state index in [1.807, 2.05) is 54.6 Å². The second kappa shape index (κ2) is 10.2. The lowest BCUT2D eigenvalue weighted by molar-refractivity contribution is 0.434. The van der Waals surface area contributed by atoms with E-state index in [0.717, 1.165) is 38.7 Å². The van der Waals surface area contributed by atoms with E-state index in [0.29, 0.717) is 16.8 Å². The summed E-state index contributed by atoms with van der Waals surface area (Å²) in [6.07, 6.45) is 1.87. The molecule has 1 aliphatic heterocycles. The second-order valence-electron chi connectivity index (χ2n) is 7.68. The number of nitrogens with zero attached hydrogens (tertiary/aromatic N) is 6. The molecule has 35 heavy (non-hydrogen) atoms. The molecule has 0 bridgehead atoms. The molecule has 0 aliphatic carbocycles. The smallest absolute Gasteiger partial charge is 0.231 e. The Bertz CT molecular complexity index is 1430. The van der Waals surface area contributed by atoms with Crippen LogP contribution in [0.4, 0.5) is 16.5 Å². The molecule has 1 unspecified atom stereocenters. The standard InChI is InChI=1S/C26H22N6OS2/c1-3-32(4-2)19-12-10-18(11-13-19)30-31-26-29-25-23(35-26)15-20(34-25)14-22-21(16-27)28-24(33-22)17-8-6-5-7-9-17/h5-15,21H,3-4H2,1-2H3/b22-14+,31-30?. The van der Waals surface area contributed by atoms with E-state index in [2.05, 4.69) is 57.2 Å². The predicted molar refractivity (Wildman–Crippen MR) is 143 cm³/mol. The minimum Gasteiger partial charge on any atom is -0.440 e. The van der Waals surface area contributed by atoms with Crippen molar-refractivity contribution in [3.63, 3.8) is 0 Å². The quantitative estimate of drug-likeness (QED) is 0.250. The molecule has 1 aliphatic rings. The highest BCUT2D eigenvalue weighted by Gasteiger charge is 2.26. The van der Waals surface area contributed by atoms with Crippen LogP contribution in [0, 0.1) is 11.3 Å². The van der Waals surface area contributed by atoms with Gasteiger partial charge in [-0.3, -0.25) is 0 Å². The highest BCUT2D eigenvalue weighted by atomic mass is 32.1. The van der Waals surface area contributed by atoms with E-state index in [-0.39, 0.29) is 0 Å². The number of aliphatic imine (C=N–C) groups is 1. The molecule has 0 amide bonds. The third-order valence-corrected chi connectivity index (χ3v) is 7.48. The fraction of sp³-hybridized carbons (Fsp3) is 0.192. The van der Waals surface area contributed by atoms with Crippen LogP contribution in [0.2, 0.25) is 0 Å². The molecule has 4 aromatic rings. The molecule has 2 aromatic carbocycles. The minimum absolute atomic E-state index is 0.465. The molecular formula is C26H22N6OS2. The van der Waals surface area contributed by atoms with Crippen LogP contribution in [-0.2, 0) is 4.74 Å². The van der Waals surface area contributed by atoms with Crippen LogP contribution in [0.25, 0.3) is 15.6 Å². The summed E-state index contributed by atoms with van der Waals surface area (Å²) >= 11 is 3.00. The molecule has 0 saturated carbocycles. The molecule has 0 N–H and O–H groups in total. The van der Waals surface area contributed by atoms with Crippen molar-refractivity contribution in [2.45, 2.75) is 19.9 Å². The number of anilines is 1. The van der Waals surface area contributed by atoms with E-state index in [1.54, 1.807) is 0 Å². The minimum atomic E-state index is -0.657. The van der Waals surface area contributed by atoms with Crippen molar-refractivity contribution in [1.82, 2.24) is 4.98 Å². The Labute approximate surface area is 211 Å². The number of nitriles is 1. The summed E-state index contributed by atoms with van der Waals surface area (Å²) in [6, 6.07) is 21.2. The Kier molecular flexibility index (Phi) is 6.66. The third kappa shape index (κ3) is 4.99. The zero-order valence-corrected chi connectivity index (χ0v) is 20.9. The van der Waals surface area contributed by atoms with Gasteiger partial charge in [0, 0.05) is 29.2 Å². The van der Waals surface area contributed by atoms with Crippen molar-refractivity contribution in [2.75, 3.05) is 18.0 Å². The van der Waals surface area contributed by atoms with Crippen molar-refractivity contribution in [1.29, 1.82) is 5.26 Å². The van der Waals surface area contributed by atoms with Crippen LogP contribution < -0.4 is 4.90 Å². The maximum Gasteiger partial charge on any atom is 0.231 e. The molecule has 0 saturated heterocycles. The molecule has 7 nitrogen and oxygen atoms in total. The predicted octanol–water partition coefficient (Wildman–Crippen LogP) is 7.33. The van der Waals surface area contributed by atoms with E-state index in [4.69, 9.17) is 4.74 Å². The van der Waals surface area contributed by atoms with Gasteiger partial charge in [0.25, 0.3) is 0 Å². The lowest BCUT2D eigenvalue weighted by Gasteiger charge is -2.20. The number of hydrogen-bond donors (Lipinski definition) is 0. The summed E-state index contributed by atoms with van der Waals surface area (Å²) in [6.45, 7) is 6.23. The lowest BCUT2D eigenvalue weighted by atomic mass is 10.2. The van der Waals surface area contributed by atoms with Gasteiger partial charge < -0.3 is 9.64 Å². The van der Waals surface area contributed by atoms with Crippen molar-refractivity contribution < 1.29 is 4.74 Å². The number of benzene rings is 2. The van der Waals surface area contributed by atoms with E-state index < -0.39 is 6.04 Å². The summed E-state index contributed by atoms with van der Waals surface area (Å²) in [5, 5.41) is 18.8. The van der Waals surface area contributed by atoms with Gasteiger partial charge in [0.15, 0.2) is 6.04 Å². The first-order chi connectivity index (χ1) is 17.2. The summed E-state index contributed by atoms with van der Waals surface area (Å²) < 4.78 is 6.93. The second-order valence-corrected chi connectivity index (χ2v) is 9.76. The van der Waals surface area contributed by atoms with E-state index >= 15 is 0 Å². The number of hydrogen-bond acceptors (Lipinski definition) is 9. The average molecular weight is 499 g/mol. The number of thiazole rings is 1. The summed E-state index contributed by atoms with van der Waals surface area (Å²) in [5.74, 6) is 0.987. The number of fused-ring (bicyclic) bond motifs is 1. The SMILES string of the molecule is CCN(CC)c1ccc(N=Nc2nc3sc(/C=C4/OC(c5ccccc5)=NC4C#N)cc3s2)cc1. The Morgan fingerprint density at radius 3 is 2.51 bits per heavy atom. The third-order valence-electron chi connectivity index (χ3n) is 5.48. The van der Waals surface area contributed by atoms with Crippen LogP contribution in [0.15, 0.2) is 81.6 Å². The van der Waals surface area contributed by atoms with Crippen molar-refractivity contribution in [3.8, 4) is 6.07 Å². The van der Waals surface area contributed by atoms with Gasteiger partial charge in [-0.05, 0) is 62.4 Å². The fourth-order valence-electron chi connectivity index (χ4n) is 3.70. The first-order valence-electron chi connectivity index (χ1n) is 11.3. The van der Waals surface area contributed by atoms with Gasteiger partial charge in [0.2, 0.25) is 11.0 Å². The zero-order chi connectivity index (χ0) is 24.2. The molecule has 5 rings (SSSR count). The van der Waals surface area contributed by atoms with E-state index in [1.165, 1.54) is 28.4 Å². The summed E-state index contributed by atoms with van der Waals surface area (Å²) in [7, 11) is 0. The molecule has 174 valence electrons. The Hall–Kier alpha value is -3.87. The number of thiophene rings is 1. The summed E-state index contributed by atoms with van der Waals surface area (Å²) in [4.78, 5) is 13.1. The van der Waals surface area contributed by atoms with Crippen LogP contribution in [0.1, 0.15) is 24.3 Å². The summed E-state index contributed by atoms with van der Waals surface area (Å²) in [5.41, 5.74) is 2.82. The monoisotopic (exact) mass is 498 g/mol. The van der Waals surface area contributed by atoms with Crippen molar-refractivity contribution in [3.05, 3.63) is 76.9 Å². The topological polar surface area (TPSA) is 86.2 Å². The van der Waals surface area contributed by atoms with Crippen LogP contribution in [-0.4, -0.2) is 30.0 Å². The first kappa shape index (κ1) is 22.9. The highest BCUT2D eigenvalue weighted by Crippen LogP contribution is 2.36. The van der Waals surface area contributed by atoms with Gasteiger partial charge in [0.1, 0.15) is 10.6 Å². The molecule has 9 heteroatoms. The molecule has 1 atom stereocenters. The number of ether oxygens (including phenoxy) is 1. The molecule has 0 fully saturated rings. The number of aromatic nitrogens is 1. The van der Waals surface area contributed by atoms with Crippen LogP contribution in [0.5, 0.6) is 0 Å². The Balaban J connectivity index is 1.30. The fourth-order valence-corrected chi connectivity index (χ4v) is 5.69. The Morgan fingerprint density at radius 1 is 1.06 bits per heavy atom. The largest absolute Gasteiger partial charge is 0.440 e. The number of rotatable bonds is 7. The lowest BCUT2D eigenvalue weighted by Crippen LogP contribution is -2.21. The van der Waals surface area contributed by atoms with E-state index in [9.17, 15) is 5.26 Å². The van der Waals surface area contributed by atoms with Crippen LogP contribution >= 0.6 is 22.7 Å². The van der Waals surface area contributed by atoms with Gasteiger partial charge >= 0.3 is 0 Å². The van der Waals surface area contributed by atoms with Gasteiger partial charge in [-0.15, -0.1) is 21.6 Å². The molecule has 3 heterocycles. The molecule has 2 aromatic heterocycles. The highest BCUT2D eigenvalue weighted by molar-refractivity contribution is 7.29. The van der Waals surface area contributed by atoms with Crippen molar-refractivity contribution in [2.24, 2.45) is 15.2 Å². The van der Waals surface area contributed by atoms with Gasteiger partial charge in [-0.25, -0.2) is 9.98 Å². The normalized spacial score (nSPS) is 16.5. The maximum atomic E-state index is 9.53. The van der Waals surface area contributed by atoms with Gasteiger partial charge in [-0.2, -0.15) is 5.26 Å². The molecule has 0 spiro atoms. The molecular weight excluding hydrogens is 476 g/mol. The molecule has 0 radical (unpaired) electrons. The first-order valence-corrected chi connectivity index (χ1v) is 12.9. The zero-order valence-electron chi connectivity index (χ0n) is 19.3.